The summed E-state index contributed by atoms with van der Waals surface area (Å²) in [6, 6.07) is 10.9. The number of rotatable bonds is 8. The highest BCUT2D eigenvalue weighted by Crippen LogP contribution is 2.36. The summed E-state index contributed by atoms with van der Waals surface area (Å²) in [5.41, 5.74) is 1.12. The molecule has 2 heterocycles. The summed E-state index contributed by atoms with van der Waals surface area (Å²) >= 11 is 1.86. The van der Waals surface area contributed by atoms with Crippen LogP contribution in [0.15, 0.2) is 40.7 Å². The van der Waals surface area contributed by atoms with Crippen LogP contribution in [0.2, 0.25) is 0 Å². The van der Waals surface area contributed by atoms with Gasteiger partial charge >= 0.3 is 0 Å². The number of nitrogens with one attached hydrogen (secondary N) is 2. The van der Waals surface area contributed by atoms with E-state index in [1.165, 1.54) is 17.7 Å². The Morgan fingerprint density at radius 1 is 1.26 bits per heavy atom. The van der Waals surface area contributed by atoms with Crippen molar-refractivity contribution >= 4 is 41.3 Å². The van der Waals surface area contributed by atoms with Gasteiger partial charge in [0, 0.05) is 31.1 Å². The van der Waals surface area contributed by atoms with Crippen LogP contribution in [0.3, 0.4) is 0 Å². The molecule has 0 spiro atoms. The fourth-order valence-electron chi connectivity index (χ4n) is 4.12. The Hall–Kier alpha value is -1.52. The number of likely N-dealkylation sites (tertiary alicyclic amines) is 1. The summed E-state index contributed by atoms with van der Waals surface area (Å²) in [5.74, 6) is 2.91. The maximum absolute atomic E-state index is 5.68. The van der Waals surface area contributed by atoms with Crippen LogP contribution in [-0.2, 0) is 6.54 Å². The number of benzene rings is 1. The molecule has 31 heavy (non-hydrogen) atoms. The van der Waals surface area contributed by atoms with E-state index >= 15 is 0 Å². The molecule has 0 bridgehead atoms. The normalized spacial score (nSPS) is 19.4. The minimum absolute atomic E-state index is 0. The second kappa shape index (κ2) is 13.1. The Balaban J connectivity index is 0.00000341. The fraction of sp³-hybridized carbons (Fsp3) is 0.522. The summed E-state index contributed by atoms with van der Waals surface area (Å²) < 4.78 is 11.1. The third kappa shape index (κ3) is 6.98. The van der Waals surface area contributed by atoms with Crippen LogP contribution < -0.4 is 20.1 Å². The number of halogens is 1. The van der Waals surface area contributed by atoms with Gasteiger partial charge in [-0.1, -0.05) is 12.1 Å². The predicted molar refractivity (Wildman–Crippen MR) is 140 cm³/mol. The van der Waals surface area contributed by atoms with Gasteiger partial charge in [-0.05, 0) is 68.4 Å². The second-order valence-corrected chi connectivity index (χ2v) is 8.55. The third-order valence-corrected chi connectivity index (χ3v) is 6.53. The number of nitrogens with zero attached hydrogens (tertiary/aromatic N) is 2. The molecule has 2 atom stereocenters. The van der Waals surface area contributed by atoms with E-state index in [1.54, 1.807) is 7.11 Å². The van der Waals surface area contributed by atoms with Gasteiger partial charge < -0.3 is 20.1 Å². The highest BCUT2D eigenvalue weighted by atomic mass is 127. The molecule has 1 aromatic carbocycles. The van der Waals surface area contributed by atoms with Gasteiger partial charge in [-0.15, -0.1) is 35.3 Å². The molecular weight excluding hydrogens is 523 g/mol. The van der Waals surface area contributed by atoms with Crippen LogP contribution in [0.4, 0.5) is 0 Å². The van der Waals surface area contributed by atoms with Gasteiger partial charge in [-0.2, -0.15) is 0 Å². The third-order valence-electron chi connectivity index (χ3n) is 5.58. The lowest BCUT2D eigenvalue weighted by atomic mass is 9.88. The maximum atomic E-state index is 5.68. The van der Waals surface area contributed by atoms with E-state index < -0.39 is 0 Å². The highest BCUT2D eigenvalue weighted by molar-refractivity contribution is 14.0. The number of ether oxygens (including phenoxy) is 2. The van der Waals surface area contributed by atoms with Crippen LogP contribution in [0.1, 0.15) is 36.2 Å². The van der Waals surface area contributed by atoms with E-state index in [0.29, 0.717) is 25.1 Å². The van der Waals surface area contributed by atoms with Crippen molar-refractivity contribution in [2.24, 2.45) is 10.9 Å². The van der Waals surface area contributed by atoms with Gasteiger partial charge in [0.25, 0.3) is 0 Å². The maximum Gasteiger partial charge on any atom is 0.191 e. The SMILES string of the molecule is CCOc1cc(CNC(=NC)NCC2CCCN(C)C2c2cccs2)ccc1OC.I. The van der Waals surface area contributed by atoms with Crippen LogP contribution in [0.25, 0.3) is 0 Å². The first-order chi connectivity index (χ1) is 14.7. The number of aliphatic imine (C=N–C) groups is 1. The highest BCUT2D eigenvalue weighted by Gasteiger charge is 2.31. The molecule has 2 aromatic rings. The number of thiophene rings is 1. The van der Waals surface area contributed by atoms with E-state index in [4.69, 9.17) is 9.47 Å². The van der Waals surface area contributed by atoms with Crippen molar-refractivity contribution < 1.29 is 9.47 Å². The molecule has 2 unspecified atom stereocenters. The Morgan fingerprint density at radius 2 is 2.10 bits per heavy atom. The average Bonchev–Trinajstić information content (AvgIpc) is 3.28. The molecule has 2 N–H and O–H groups in total. The van der Waals surface area contributed by atoms with Gasteiger partial charge in [0.1, 0.15) is 0 Å². The van der Waals surface area contributed by atoms with Gasteiger partial charge in [0.15, 0.2) is 17.5 Å². The average molecular weight is 559 g/mol. The molecular formula is C23H35IN4O2S. The van der Waals surface area contributed by atoms with E-state index in [0.717, 1.165) is 36.1 Å². The lowest BCUT2D eigenvalue weighted by Crippen LogP contribution is -2.44. The molecule has 1 aromatic heterocycles. The molecule has 3 rings (SSSR count). The quantitative estimate of drug-likeness (QED) is 0.284. The minimum atomic E-state index is 0. The molecule has 1 fully saturated rings. The van der Waals surface area contributed by atoms with E-state index in [1.807, 2.05) is 43.5 Å². The molecule has 8 heteroatoms. The molecule has 1 saturated heterocycles. The van der Waals surface area contributed by atoms with E-state index in [2.05, 4.69) is 45.1 Å². The molecule has 6 nitrogen and oxygen atoms in total. The fourth-order valence-corrected chi connectivity index (χ4v) is 5.10. The van der Waals surface area contributed by atoms with E-state index in [-0.39, 0.29) is 24.0 Å². The van der Waals surface area contributed by atoms with Crippen LogP contribution in [0, 0.1) is 5.92 Å². The Morgan fingerprint density at radius 3 is 2.77 bits per heavy atom. The van der Waals surface area contributed by atoms with Crippen molar-refractivity contribution in [3.63, 3.8) is 0 Å². The van der Waals surface area contributed by atoms with Crippen molar-refractivity contribution in [1.29, 1.82) is 0 Å². The van der Waals surface area contributed by atoms with Crippen molar-refractivity contribution in [1.82, 2.24) is 15.5 Å². The number of methoxy groups -OCH3 is 1. The first-order valence-corrected chi connectivity index (χ1v) is 11.5. The summed E-state index contributed by atoms with van der Waals surface area (Å²) in [6.07, 6.45) is 2.47. The van der Waals surface area contributed by atoms with Crippen molar-refractivity contribution in [3.8, 4) is 11.5 Å². The standard InChI is InChI=1S/C23H34N4O2S.HI/c1-5-29-20-14-17(10-11-19(20)28-4)15-25-23(24-2)26-16-18-8-6-12-27(3)22(18)21-9-7-13-30-21;/h7,9-11,13-14,18,22H,5-6,8,12,15-16H2,1-4H3,(H2,24,25,26);1H. The Labute approximate surface area is 207 Å². The summed E-state index contributed by atoms with van der Waals surface area (Å²) in [4.78, 5) is 8.36. The zero-order valence-corrected chi connectivity index (χ0v) is 22.0. The molecule has 1 aliphatic rings. The number of guanidine groups is 1. The van der Waals surface area contributed by atoms with Gasteiger partial charge in [0.05, 0.1) is 13.7 Å². The Kier molecular flexibility index (Phi) is 10.9. The molecule has 1 aliphatic heterocycles. The topological polar surface area (TPSA) is 58.1 Å². The zero-order valence-electron chi connectivity index (χ0n) is 18.9. The summed E-state index contributed by atoms with van der Waals surface area (Å²) in [6.45, 7) is 5.31. The largest absolute Gasteiger partial charge is 0.493 e. The first-order valence-electron chi connectivity index (χ1n) is 10.6. The van der Waals surface area contributed by atoms with Crippen molar-refractivity contribution in [3.05, 3.63) is 46.2 Å². The molecule has 172 valence electrons. The van der Waals surface area contributed by atoms with Gasteiger partial charge in [-0.3, -0.25) is 9.89 Å². The number of hydrogen-bond donors (Lipinski definition) is 2. The Bertz CT molecular complexity index is 816. The second-order valence-electron chi connectivity index (χ2n) is 7.57. The van der Waals surface area contributed by atoms with Crippen LogP contribution in [0.5, 0.6) is 11.5 Å². The molecule has 0 saturated carbocycles. The minimum Gasteiger partial charge on any atom is -0.493 e. The zero-order chi connectivity index (χ0) is 21.3. The van der Waals surface area contributed by atoms with Gasteiger partial charge in [-0.25, -0.2) is 0 Å². The van der Waals surface area contributed by atoms with E-state index in [9.17, 15) is 0 Å². The monoisotopic (exact) mass is 558 g/mol. The van der Waals surface area contributed by atoms with Crippen LogP contribution >= 0.6 is 35.3 Å². The first kappa shape index (κ1) is 25.7. The molecule has 0 radical (unpaired) electrons. The number of hydrogen-bond acceptors (Lipinski definition) is 5. The van der Waals surface area contributed by atoms with Crippen molar-refractivity contribution in [2.75, 3.05) is 40.9 Å². The van der Waals surface area contributed by atoms with Gasteiger partial charge in [0.2, 0.25) is 0 Å². The predicted octanol–water partition coefficient (Wildman–Crippen LogP) is 4.52. The number of piperidine rings is 1. The van der Waals surface area contributed by atoms with Crippen LogP contribution in [-0.4, -0.2) is 51.8 Å². The summed E-state index contributed by atoms with van der Waals surface area (Å²) in [7, 11) is 5.72. The molecule has 0 amide bonds. The smallest absolute Gasteiger partial charge is 0.191 e. The lowest BCUT2D eigenvalue weighted by molar-refractivity contribution is 0.125. The molecule has 0 aliphatic carbocycles. The summed E-state index contributed by atoms with van der Waals surface area (Å²) in [5, 5.41) is 9.14. The lowest BCUT2D eigenvalue weighted by Gasteiger charge is -2.39. The van der Waals surface area contributed by atoms with Crippen molar-refractivity contribution in [2.45, 2.75) is 32.4 Å².